The summed E-state index contributed by atoms with van der Waals surface area (Å²) in [6.45, 7) is 1.99. The van der Waals surface area contributed by atoms with Crippen molar-refractivity contribution in [3.05, 3.63) is 89.8 Å². The summed E-state index contributed by atoms with van der Waals surface area (Å²) >= 11 is 1.40. The van der Waals surface area contributed by atoms with Gasteiger partial charge in [-0.25, -0.2) is 9.78 Å². The van der Waals surface area contributed by atoms with Gasteiger partial charge in [-0.1, -0.05) is 66.7 Å². The monoisotopic (exact) mass is 385 g/mol. The highest BCUT2D eigenvalue weighted by Gasteiger charge is 2.09. The van der Waals surface area contributed by atoms with Gasteiger partial charge in [0.15, 0.2) is 5.13 Å². The molecule has 0 saturated carbocycles. The Hall–Kier alpha value is -3.44. The van der Waals surface area contributed by atoms with E-state index in [1.54, 1.807) is 0 Å². The minimum Gasteiger partial charge on any atom is -0.308 e. The van der Waals surface area contributed by atoms with Crippen molar-refractivity contribution in [1.82, 2.24) is 4.98 Å². The van der Waals surface area contributed by atoms with Crippen molar-refractivity contribution in [1.29, 1.82) is 0 Å². The van der Waals surface area contributed by atoms with Gasteiger partial charge in [0, 0.05) is 16.6 Å². The lowest BCUT2D eigenvalue weighted by Gasteiger charge is -2.06. The molecule has 4 rings (SSSR count). The molecule has 3 aromatic carbocycles. The van der Waals surface area contributed by atoms with Crippen LogP contribution >= 0.6 is 11.3 Å². The van der Waals surface area contributed by atoms with Crippen LogP contribution < -0.4 is 10.6 Å². The summed E-state index contributed by atoms with van der Waals surface area (Å²) < 4.78 is 0. The molecule has 1 heterocycles. The number of nitrogens with one attached hydrogen (secondary N) is 2. The molecule has 0 unspecified atom stereocenters. The van der Waals surface area contributed by atoms with E-state index in [-0.39, 0.29) is 6.03 Å². The van der Waals surface area contributed by atoms with Crippen LogP contribution in [0.1, 0.15) is 5.56 Å². The minimum absolute atomic E-state index is 0.300. The average molecular weight is 385 g/mol. The maximum absolute atomic E-state index is 12.2. The normalized spacial score (nSPS) is 10.5. The molecule has 0 aliphatic heterocycles. The zero-order valence-corrected chi connectivity index (χ0v) is 16.2. The molecular weight excluding hydrogens is 366 g/mol. The number of rotatable bonds is 4. The SMILES string of the molecule is Cc1cccc(NC(=O)Nc2nc(-c3ccc(-c4ccccc4)cc3)cs2)c1. The Balaban J connectivity index is 1.43. The fourth-order valence-electron chi connectivity index (χ4n) is 2.91. The summed E-state index contributed by atoms with van der Waals surface area (Å²) in [5, 5.41) is 8.12. The van der Waals surface area contributed by atoms with Crippen LogP contribution in [-0.4, -0.2) is 11.0 Å². The highest BCUT2D eigenvalue weighted by molar-refractivity contribution is 7.14. The van der Waals surface area contributed by atoms with Gasteiger partial charge in [0.05, 0.1) is 5.69 Å². The molecule has 4 nitrogen and oxygen atoms in total. The molecule has 1 aromatic heterocycles. The Kier molecular flexibility index (Phi) is 5.17. The van der Waals surface area contributed by atoms with Crippen molar-refractivity contribution in [3.8, 4) is 22.4 Å². The third-order valence-corrected chi connectivity index (χ3v) is 5.05. The Labute approximate surface area is 167 Å². The van der Waals surface area contributed by atoms with E-state index in [2.05, 4.69) is 39.9 Å². The number of benzene rings is 3. The van der Waals surface area contributed by atoms with Crippen molar-refractivity contribution in [2.45, 2.75) is 6.92 Å². The number of carbonyl (C=O) groups excluding carboxylic acids is 1. The number of amides is 2. The molecule has 2 N–H and O–H groups in total. The van der Waals surface area contributed by atoms with Crippen molar-refractivity contribution in [2.24, 2.45) is 0 Å². The van der Waals surface area contributed by atoms with Crippen molar-refractivity contribution >= 4 is 28.2 Å². The zero-order valence-electron chi connectivity index (χ0n) is 15.3. The highest BCUT2D eigenvalue weighted by Crippen LogP contribution is 2.27. The smallest absolute Gasteiger partial charge is 0.308 e. The lowest BCUT2D eigenvalue weighted by Crippen LogP contribution is -2.19. The number of nitrogens with zero attached hydrogens (tertiary/aromatic N) is 1. The fraction of sp³-hybridized carbons (Fsp3) is 0.0435. The summed E-state index contributed by atoms with van der Waals surface area (Å²) in [4.78, 5) is 16.7. The number of carbonyl (C=O) groups is 1. The first-order valence-corrected chi connectivity index (χ1v) is 9.81. The van der Waals surface area contributed by atoms with E-state index < -0.39 is 0 Å². The number of hydrogen-bond donors (Lipinski definition) is 2. The number of urea groups is 1. The lowest BCUT2D eigenvalue weighted by molar-refractivity contribution is 0.262. The Morgan fingerprint density at radius 3 is 2.29 bits per heavy atom. The van der Waals surface area contributed by atoms with Gasteiger partial charge in [-0.05, 0) is 35.7 Å². The molecular formula is C23H19N3OS. The van der Waals surface area contributed by atoms with E-state index in [0.717, 1.165) is 28.1 Å². The predicted molar refractivity (Wildman–Crippen MR) is 117 cm³/mol. The molecule has 138 valence electrons. The van der Waals surface area contributed by atoms with Crippen molar-refractivity contribution < 1.29 is 4.79 Å². The van der Waals surface area contributed by atoms with E-state index in [4.69, 9.17) is 0 Å². The molecule has 0 fully saturated rings. The van der Waals surface area contributed by atoms with Crippen LogP contribution in [0, 0.1) is 6.92 Å². The molecule has 0 saturated heterocycles. The standard InChI is InChI=1S/C23H19N3OS/c1-16-6-5-9-20(14-16)24-22(27)26-23-25-21(15-28-23)19-12-10-18(11-13-19)17-7-3-2-4-8-17/h2-15H,1H3,(H2,24,25,26,27). The second kappa shape index (κ2) is 8.06. The average Bonchev–Trinajstić information content (AvgIpc) is 3.17. The molecule has 0 bridgehead atoms. The summed E-state index contributed by atoms with van der Waals surface area (Å²) in [6, 6.07) is 25.9. The molecule has 0 aliphatic carbocycles. The fourth-order valence-corrected chi connectivity index (χ4v) is 3.62. The Bertz CT molecular complexity index is 1090. The third-order valence-electron chi connectivity index (χ3n) is 4.29. The molecule has 2 amide bonds. The van der Waals surface area contributed by atoms with E-state index in [0.29, 0.717) is 5.13 Å². The number of anilines is 2. The van der Waals surface area contributed by atoms with Gasteiger partial charge in [-0.15, -0.1) is 11.3 Å². The van der Waals surface area contributed by atoms with Crippen LogP contribution in [0.25, 0.3) is 22.4 Å². The van der Waals surface area contributed by atoms with Crippen LogP contribution in [-0.2, 0) is 0 Å². The van der Waals surface area contributed by atoms with Crippen molar-refractivity contribution in [3.63, 3.8) is 0 Å². The first kappa shape index (κ1) is 17.9. The van der Waals surface area contributed by atoms with Crippen LogP contribution in [0.5, 0.6) is 0 Å². The van der Waals surface area contributed by atoms with E-state index in [1.807, 2.05) is 66.9 Å². The topological polar surface area (TPSA) is 54.0 Å². The largest absolute Gasteiger partial charge is 0.325 e. The zero-order chi connectivity index (χ0) is 19.3. The quantitative estimate of drug-likeness (QED) is 0.425. The highest BCUT2D eigenvalue weighted by atomic mass is 32.1. The molecule has 0 radical (unpaired) electrons. The summed E-state index contributed by atoms with van der Waals surface area (Å²) in [5.74, 6) is 0. The minimum atomic E-state index is -0.300. The van der Waals surface area contributed by atoms with Crippen LogP contribution in [0.3, 0.4) is 0 Å². The van der Waals surface area contributed by atoms with Crippen LogP contribution in [0.15, 0.2) is 84.2 Å². The van der Waals surface area contributed by atoms with Gasteiger partial charge in [-0.2, -0.15) is 0 Å². The second-order valence-electron chi connectivity index (χ2n) is 6.43. The summed E-state index contributed by atoms with van der Waals surface area (Å²) in [6.07, 6.45) is 0. The van der Waals surface area contributed by atoms with Crippen LogP contribution in [0.2, 0.25) is 0 Å². The number of thiazole rings is 1. The molecule has 0 spiro atoms. The molecule has 4 aromatic rings. The number of hydrogen-bond acceptors (Lipinski definition) is 3. The Morgan fingerprint density at radius 1 is 0.821 bits per heavy atom. The maximum Gasteiger partial charge on any atom is 0.325 e. The van der Waals surface area contributed by atoms with Crippen molar-refractivity contribution in [2.75, 3.05) is 10.6 Å². The van der Waals surface area contributed by atoms with Gasteiger partial charge in [0.1, 0.15) is 0 Å². The van der Waals surface area contributed by atoms with Crippen LogP contribution in [0.4, 0.5) is 15.6 Å². The van der Waals surface area contributed by atoms with E-state index in [9.17, 15) is 4.79 Å². The predicted octanol–water partition coefficient (Wildman–Crippen LogP) is 6.43. The third kappa shape index (κ3) is 4.27. The van der Waals surface area contributed by atoms with Gasteiger partial charge in [0.25, 0.3) is 0 Å². The molecule has 5 heteroatoms. The Morgan fingerprint density at radius 2 is 1.54 bits per heavy atom. The van der Waals surface area contributed by atoms with Gasteiger partial charge < -0.3 is 5.32 Å². The number of aromatic nitrogens is 1. The first-order valence-electron chi connectivity index (χ1n) is 8.93. The van der Waals surface area contributed by atoms with Gasteiger partial charge in [0.2, 0.25) is 0 Å². The second-order valence-corrected chi connectivity index (χ2v) is 7.29. The summed E-state index contributed by atoms with van der Waals surface area (Å²) in [5.41, 5.74) is 6.05. The van der Waals surface area contributed by atoms with E-state index in [1.165, 1.54) is 16.9 Å². The number of aryl methyl sites for hydroxylation is 1. The first-order chi connectivity index (χ1) is 13.7. The molecule has 28 heavy (non-hydrogen) atoms. The lowest BCUT2D eigenvalue weighted by atomic mass is 10.0. The molecule has 0 atom stereocenters. The summed E-state index contributed by atoms with van der Waals surface area (Å²) in [7, 11) is 0. The molecule has 0 aliphatic rings. The van der Waals surface area contributed by atoms with Gasteiger partial charge in [-0.3, -0.25) is 5.32 Å². The maximum atomic E-state index is 12.2. The van der Waals surface area contributed by atoms with E-state index >= 15 is 0 Å². The van der Waals surface area contributed by atoms with Gasteiger partial charge >= 0.3 is 6.03 Å².